The van der Waals surface area contributed by atoms with E-state index in [9.17, 15) is 9.90 Å². The van der Waals surface area contributed by atoms with Crippen LogP contribution in [0.15, 0.2) is 35.4 Å². The summed E-state index contributed by atoms with van der Waals surface area (Å²) in [5.41, 5.74) is 3.14. The highest BCUT2D eigenvalue weighted by molar-refractivity contribution is 5.94. The van der Waals surface area contributed by atoms with Crippen LogP contribution < -0.4 is 5.32 Å². The van der Waals surface area contributed by atoms with Gasteiger partial charge in [0.2, 0.25) is 0 Å². The van der Waals surface area contributed by atoms with E-state index >= 15 is 0 Å². The Kier molecular flexibility index (Phi) is 5.38. The molecule has 0 spiro atoms. The van der Waals surface area contributed by atoms with Gasteiger partial charge in [0.1, 0.15) is 5.75 Å². The van der Waals surface area contributed by atoms with Crippen LogP contribution in [0.3, 0.4) is 0 Å². The van der Waals surface area contributed by atoms with Crippen molar-refractivity contribution < 1.29 is 9.90 Å². The van der Waals surface area contributed by atoms with E-state index in [1.54, 1.807) is 19.1 Å². The minimum Gasteiger partial charge on any atom is -0.508 e. The molecule has 0 amide bonds. The van der Waals surface area contributed by atoms with Crippen molar-refractivity contribution in [1.29, 1.82) is 0 Å². The molecule has 2 N–H and O–H groups in total. The van der Waals surface area contributed by atoms with Crippen LogP contribution in [0.1, 0.15) is 18.9 Å². The summed E-state index contributed by atoms with van der Waals surface area (Å²) >= 11 is 0. The van der Waals surface area contributed by atoms with Crippen LogP contribution in [0, 0.1) is 0 Å². The van der Waals surface area contributed by atoms with Crippen LogP contribution in [0.2, 0.25) is 0 Å². The van der Waals surface area contributed by atoms with Crippen molar-refractivity contribution in [2.45, 2.75) is 19.8 Å². The number of nitrogens with one attached hydrogen (secondary N) is 1. The van der Waals surface area contributed by atoms with Crippen molar-refractivity contribution in [2.24, 2.45) is 0 Å². The first-order valence-corrected chi connectivity index (χ1v) is 5.87. The largest absolute Gasteiger partial charge is 0.508 e. The first kappa shape index (κ1) is 14.7. The zero-order valence-electron chi connectivity index (χ0n) is 10.4. The second kappa shape index (κ2) is 6.57. The van der Waals surface area contributed by atoms with E-state index < -0.39 is 0 Å². The van der Waals surface area contributed by atoms with E-state index in [0.717, 1.165) is 42.6 Å². The first-order chi connectivity index (χ1) is 8.16. The number of phenolic OH excluding ortho intramolecular Hbond substituents is 1. The van der Waals surface area contributed by atoms with Gasteiger partial charge in [-0.15, -0.1) is 12.4 Å². The smallest absolute Gasteiger partial charge is 0.155 e. The Balaban J connectivity index is 0.00000162. The highest BCUT2D eigenvalue weighted by atomic mass is 35.5. The summed E-state index contributed by atoms with van der Waals surface area (Å²) in [4.78, 5) is 11.5. The third-order valence-corrected chi connectivity index (χ3v) is 3.07. The summed E-state index contributed by atoms with van der Waals surface area (Å²) in [5, 5.41) is 12.7. The third kappa shape index (κ3) is 3.59. The van der Waals surface area contributed by atoms with Gasteiger partial charge in [0, 0.05) is 6.54 Å². The van der Waals surface area contributed by atoms with Crippen LogP contribution >= 0.6 is 12.4 Å². The standard InChI is InChI=1S/C14H17NO2.ClH/c1-10(16)14-5-6-15-9-12(14)7-11-3-2-4-13(17)8-11;/h2-4,8,15,17H,5-7,9H2,1H3;1H. The van der Waals surface area contributed by atoms with E-state index in [1.165, 1.54) is 0 Å². The third-order valence-electron chi connectivity index (χ3n) is 3.07. The van der Waals surface area contributed by atoms with Crippen molar-refractivity contribution in [3.63, 3.8) is 0 Å². The molecule has 0 saturated carbocycles. The number of hydrogen-bond acceptors (Lipinski definition) is 3. The number of ketones is 1. The molecule has 1 aliphatic rings. The van der Waals surface area contributed by atoms with Crippen LogP contribution in [0.4, 0.5) is 0 Å². The number of rotatable bonds is 3. The molecule has 0 aromatic heterocycles. The van der Waals surface area contributed by atoms with E-state index in [0.29, 0.717) is 0 Å². The summed E-state index contributed by atoms with van der Waals surface area (Å²) < 4.78 is 0. The summed E-state index contributed by atoms with van der Waals surface area (Å²) in [6.07, 6.45) is 1.54. The Morgan fingerprint density at radius 2 is 2.22 bits per heavy atom. The van der Waals surface area contributed by atoms with Gasteiger partial charge in [-0.1, -0.05) is 12.1 Å². The first-order valence-electron chi connectivity index (χ1n) is 5.87. The van der Waals surface area contributed by atoms with Gasteiger partial charge < -0.3 is 10.4 Å². The normalized spacial score (nSPS) is 15.2. The zero-order valence-corrected chi connectivity index (χ0v) is 11.2. The Morgan fingerprint density at radius 3 is 2.89 bits per heavy atom. The Hall–Kier alpha value is -1.32. The van der Waals surface area contributed by atoms with Crippen molar-refractivity contribution in [2.75, 3.05) is 13.1 Å². The van der Waals surface area contributed by atoms with E-state index in [1.807, 2.05) is 12.1 Å². The molecule has 1 aromatic rings. The summed E-state index contributed by atoms with van der Waals surface area (Å²) in [6, 6.07) is 7.20. The van der Waals surface area contributed by atoms with Gasteiger partial charge in [-0.2, -0.15) is 0 Å². The van der Waals surface area contributed by atoms with Crippen LogP contribution in [0.25, 0.3) is 0 Å². The van der Waals surface area contributed by atoms with Gasteiger partial charge >= 0.3 is 0 Å². The molecule has 2 rings (SSSR count). The summed E-state index contributed by atoms with van der Waals surface area (Å²) in [5.74, 6) is 0.442. The minimum absolute atomic E-state index is 0. The molecular formula is C14H18ClNO2. The average molecular weight is 268 g/mol. The predicted octanol–water partition coefficient (Wildman–Crippen LogP) is 2.24. The molecule has 0 aliphatic carbocycles. The second-order valence-corrected chi connectivity index (χ2v) is 4.41. The van der Waals surface area contributed by atoms with Gasteiger partial charge in [-0.25, -0.2) is 0 Å². The maximum absolute atomic E-state index is 11.5. The van der Waals surface area contributed by atoms with Crippen LogP contribution in [-0.2, 0) is 11.2 Å². The molecule has 1 aliphatic heterocycles. The number of phenols is 1. The molecule has 0 unspecified atom stereocenters. The number of aromatic hydroxyl groups is 1. The molecule has 98 valence electrons. The Bertz CT molecular complexity index is 469. The van der Waals surface area contributed by atoms with Crippen molar-refractivity contribution >= 4 is 18.2 Å². The van der Waals surface area contributed by atoms with Gasteiger partial charge in [0.05, 0.1) is 0 Å². The molecule has 0 bridgehead atoms. The average Bonchev–Trinajstić information content (AvgIpc) is 2.29. The molecule has 0 radical (unpaired) electrons. The molecule has 4 heteroatoms. The number of benzene rings is 1. The second-order valence-electron chi connectivity index (χ2n) is 4.41. The maximum atomic E-state index is 11.5. The predicted molar refractivity (Wildman–Crippen MR) is 74.3 cm³/mol. The lowest BCUT2D eigenvalue weighted by molar-refractivity contribution is -0.113. The number of carbonyl (C=O) groups excluding carboxylic acids is 1. The van der Waals surface area contributed by atoms with E-state index in [-0.39, 0.29) is 23.9 Å². The van der Waals surface area contributed by atoms with Gasteiger partial charge in [-0.05, 0) is 55.2 Å². The highest BCUT2D eigenvalue weighted by Crippen LogP contribution is 2.20. The lowest BCUT2D eigenvalue weighted by Crippen LogP contribution is -2.28. The number of carbonyl (C=O) groups is 1. The number of Topliss-reactive ketones (excluding diaryl/α,β-unsaturated/α-hetero) is 1. The molecule has 0 atom stereocenters. The fourth-order valence-electron chi connectivity index (χ4n) is 2.24. The number of halogens is 1. The molecule has 3 nitrogen and oxygen atoms in total. The van der Waals surface area contributed by atoms with Gasteiger partial charge in [-0.3, -0.25) is 4.79 Å². The van der Waals surface area contributed by atoms with Crippen molar-refractivity contribution in [3.05, 3.63) is 41.0 Å². The zero-order chi connectivity index (χ0) is 12.3. The summed E-state index contributed by atoms with van der Waals surface area (Å²) in [6.45, 7) is 3.27. The van der Waals surface area contributed by atoms with Gasteiger partial charge in [0.15, 0.2) is 5.78 Å². The Labute approximate surface area is 113 Å². The minimum atomic E-state index is 0. The fourth-order valence-corrected chi connectivity index (χ4v) is 2.24. The Morgan fingerprint density at radius 1 is 1.44 bits per heavy atom. The molecule has 1 heterocycles. The molecule has 1 aromatic carbocycles. The van der Waals surface area contributed by atoms with Crippen molar-refractivity contribution in [1.82, 2.24) is 5.32 Å². The lowest BCUT2D eigenvalue weighted by atomic mass is 9.93. The van der Waals surface area contributed by atoms with Crippen molar-refractivity contribution in [3.8, 4) is 5.75 Å². The SMILES string of the molecule is CC(=O)C1=C(Cc2cccc(O)c2)CNCC1.Cl. The summed E-state index contributed by atoms with van der Waals surface area (Å²) in [7, 11) is 0. The van der Waals surface area contributed by atoms with E-state index in [2.05, 4.69) is 5.32 Å². The van der Waals surface area contributed by atoms with E-state index in [4.69, 9.17) is 0 Å². The van der Waals surface area contributed by atoms with Crippen LogP contribution in [-0.4, -0.2) is 24.0 Å². The quantitative estimate of drug-likeness (QED) is 0.883. The monoisotopic (exact) mass is 267 g/mol. The molecule has 0 saturated heterocycles. The van der Waals surface area contributed by atoms with Crippen LogP contribution in [0.5, 0.6) is 5.75 Å². The highest BCUT2D eigenvalue weighted by Gasteiger charge is 2.15. The fraction of sp³-hybridized carbons (Fsp3) is 0.357. The van der Waals surface area contributed by atoms with Gasteiger partial charge in [0.25, 0.3) is 0 Å². The maximum Gasteiger partial charge on any atom is 0.155 e. The topological polar surface area (TPSA) is 49.3 Å². The molecular weight excluding hydrogens is 250 g/mol. The molecule has 0 fully saturated rings. The number of hydrogen-bond donors (Lipinski definition) is 2. The lowest BCUT2D eigenvalue weighted by Gasteiger charge is -2.20. The molecule has 18 heavy (non-hydrogen) atoms.